The van der Waals surface area contributed by atoms with E-state index in [2.05, 4.69) is 15.5 Å². The fourth-order valence-corrected chi connectivity index (χ4v) is 4.06. The van der Waals surface area contributed by atoms with E-state index < -0.39 is 0 Å². The normalized spacial score (nSPS) is 27.4. The Bertz CT molecular complexity index is 668. The molecule has 5 nitrogen and oxygen atoms in total. The number of rotatable bonds is 3. The van der Waals surface area contributed by atoms with Gasteiger partial charge in [0.15, 0.2) is 5.82 Å². The first-order valence-corrected chi connectivity index (χ1v) is 7.52. The SMILES string of the molecule is Nc1ccc(-c2nnnn2CC2CC3CCC2C3)c(F)c1. The molecule has 2 saturated carbocycles. The number of aromatic nitrogens is 4. The van der Waals surface area contributed by atoms with Crippen LogP contribution in [0.25, 0.3) is 11.4 Å². The van der Waals surface area contributed by atoms with Gasteiger partial charge < -0.3 is 5.73 Å². The van der Waals surface area contributed by atoms with Crippen molar-refractivity contribution >= 4 is 5.69 Å². The van der Waals surface area contributed by atoms with Gasteiger partial charge in [0.05, 0.1) is 5.56 Å². The zero-order valence-electron chi connectivity index (χ0n) is 11.7. The molecule has 2 aliphatic rings. The van der Waals surface area contributed by atoms with Crippen molar-refractivity contribution in [2.45, 2.75) is 32.2 Å². The molecule has 0 aliphatic heterocycles. The van der Waals surface area contributed by atoms with Gasteiger partial charge in [0, 0.05) is 12.2 Å². The summed E-state index contributed by atoms with van der Waals surface area (Å²) in [7, 11) is 0. The topological polar surface area (TPSA) is 69.6 Å². The summed E-state index contributed by atoms with van der Waals surface area (Å²) in [5.74, 6) is 2.42. The summed E-state index contributed by atoms with van der Waals surface area (Å²) in [5, 5.41) is 11.8. The van der Waals surface area contributed by atoms with Crippen LogP contribution in [0.1, 0.15) is 25.7 Å². The lowest BCUT2D eigenvalue weighted by Gasteiger charge is -2.21. The van der Waals surface area contributed by atoms with E-state index >= 15 is 0 Å². The quantitative estimate of drug-likeness (QED) is 0.881. The Labute approximate surface area is 122 Å². The lowest BCUT2D eigenvalue weighted by molar-refractivity contribution is 0.284. The summed E-state index contributed by atoms with van der Waals surface area (Å²) in [6.07, 6.45) is 5.30. The van der Waals surface area contributed by atoms with Crippen molar-refractivity contribution in [1.82, 2.24) is 20.2 Å². The molecule has 0 saturated heterocycles. The van der Waals surface area contributed by atoms with Crippen LogP contribution in [0.5, 0.6) is 0 Å². The fourth-order valence-electron chi connectivity index (χ4n) is 4.06. The fraction of sp³-hybridized carbons (Fsp3) is 0.533. The predicted molar refractivity (Wildman–Crippen MR) is 76.6 cm³/mol. The van der Waals surface area contributed by atoms with E-state index in [-0.39, 0.29) is 5.82 Å². The van der Waals surface area contributed by atoms with Crippen LogP contribution < -0.4 is 5.73 Å². The molecule has 3 unspecified atom stereocenters. The van der Waals surface area contributed by atoms with Crippen LogP contribution in [0, 0.1) is 23.6 Å². The van der Waals surface area contributed by atoms with E-state index in [1.54, 1.807) is 16.8 Å². The molecule has 1 heterocycles. The Morgan fingerprint density at radius 2 is 2.19 bits per heavy atom. The number of fused-ring (bicyclic) bond motifs is 2. The van der Waals surface area contributed by atoms with Gasteiger partial charge in [-0.15, -0.1) is 5.10 Å². The molecule has 110 valence electrons. The number of hydrogen-bond donors (Lipinski definition) is 1. The van der Waals surface area contributed by atoms with E-state index in [1.165, 1.54) is 31.7 Å². The van der Waals surface area contributed by atoms with Crippen molar-refractivity contribution in [1.29, 1.82) is 0 Å². The van der Waals surface area contributed by atoms with Crippen LogP contribution in [0.15, 0.2) is 18.2 Å². The number of nitrogens with zero attached hydrogens (tertiary/aromatic N) is 4. The first-order valence-electron chi connectivity index (χ1n) is 7.52. The summed E-state index contributed by atoms with van der Waals surface area (Å²) in [6.45, 7) is 0.785. The highest BCUT2D eigenvalue weighted by atomic mass is 19.1. The molecule has 4 rings (SSSR count). The van der Waals surface area contributed by atoms with Crippen molar-refractivity contribution < 1.29 is 4.39 Å². The standard InChI is InChI=1S/C15H18FN5/c16-14-7-12(17)3-4-13(14)15-18-19-20-21(15)8-11-6-9-1-2-10(11)5-9/h3-4,7,9-11H,1-2,5-6,8,17H2. The zero-order valence-corrected chi connectivity index (χ0v) is 11.7. The molecule has 1 aromatic heterocycles. The van der Waals surface area contributed by atoms with E-state index in [1.807, 2.05) is 0 Å². The molecule has 2 N–H and O–H groups in total. The van der Waals surface area contributed by atoms with Crippen LogP contribution in [0.3, 0.4) is 0 Å². The largest absolute Gasteiger partial charge is 0.399 e. The smallest absolute Gasteiger partial charge is 0.184 e. The Kier molecular flexibility index (Phi) is 2.90. The lowest BCUT2D eigenvalue weighted by atomic mass is 9.89. The number of nitrogens with two attached hydrogens (primary N) is 1. The van der Waals surface area contributed by atoms with Gasteiger partial charge >= 0.3 is 0 Å². The first kappa shape index (κ1) is 12.7. The molecular weight excluding hydrogens is 269 g/mol. The van der Waals surface area contributed by atoms with E-state index in [9.17, 15) is 4.39 Å². The second kappa shape index (κ2) is 4.79. The molecule has 2 bridgehead atoms. The summed E-state index contributed by atoms with van der Waals surface area (Å²) in [6, 6.07) is 4.63. The van der Waals surface area contributed by atoms with E-state index in [0.29, 0.717) is 23.0 Å². The highest BCUT2D eigenvalue weighted by molar-refractivity contribution is 5.59. The van der Waals surface area contributed by atoms with Crippen LogP contribution in [-0.4, -0.2) is 20.2 Å². The maximum atomic E-state index is 14.1. The molecular formula is C15H18FN5. The number of nitrogen functional groups attached to an aromatic ring is 1. The lowest BCUT2D eigenvalue weighted by Crippen LogP contribution is -2.19. The molecule has 2 fully saturated rings. The Balaban J connectivity index is 1.61. The number of anilines is 1. The summed E-state index contributed by atoms with van der Waals surface area (Å²) in [4.78, 5) is 0. The minimum Gasteiger partial charge on any atom is -0.399 e. The zero-order chi connectivity index (χ0) is 14.4. The number of halogens is 1. The van der Waals surface area contributed by atoms with Crippen molar-refractivity contribution in [3.05, 3.63) is 24.0 Å². The molecule has 6 heteroatoms. The van der Waals surface area contributed by atoms with Crippen molar-refractivity contribution in [3.8, 4) is 11.4 Å². The number of benzene rings is 1. The second-order valence-corrected chi connectivity index (χ2v) is 6.36. The third-order valence-corrected chi connectivity index (χ3v) is 5.06. The van der Waals surface area contributed by atoms with Crippen LogP contribution in [0.2, 0.25) is 0 Å². The first-order chi connectivity index (χ1) is 10.2. The highest BCUT2D eigenvalue weighted by Gasteiger charge is 2.39. The highest BCUT2D eigenvalue weighted by Crippen LogP contribution is 2.48. The van der Waals surface area contributed by atoms with Crippen LogP contribution in [0.4, 0.5) is 10.1 Å². The molecule has 0 spiro atoms. The van der Waals surface area contributed by atoms with Crippen molar-refractivity contribution in [2.75, 3.05) is 5.73 Å². The molecule has 0 amide bonds. The summed E-state index contributed by atoms with van der Waals surface area (Å²) < 4.78 is 15.8. The minimum absolute atomic E-state index is 0.376. The Morgan fingerprint density at radius 1 is 1.29 bits per heavy atom. The van der Waals surface area contributed by atoms with Gasteiger partial charge in [-0.05, 0) is 65.6 Å². The van der Waals surface area contributed by atoms with Gasteiger partial charge in [-0.25, -0.2) is 9.07 Å². The van der Waals surface area contributed by atoms with Gasteiger partial charge in [0.25, 0.3) is 0 Å². The Morgan fingerprint density at radius 3 is 2.90 bits per heavy atom. The molecule has 0 radical (unpaired) electrons. The van der Waals surface area contributed by atoms with Crippen LogP contribution >= 0.6 is 0 Å². The average Bonchev–Trinajstić information content (AvgIpc) is 3.15. The third-order valence-electron chi connectivity index (χ3n) is 5.06. The molecule has 2 aliphatic carbocycles. The minimum atomic E-state index is -0.376. The van der Waals surface area contributed by atoms with Gasteiger partial charge in [0.2, 0.25) is 0 Å². The van der Waals surface area contributed by atoms with Gasteiger partial charge in [-0.3, -0.25) is 0 Å². The summed E-state index contributed by atoms with van der Waals surface area (Å²) in [5.41, 5.74) is 6.41. The predicted octanol–water partition coefficient (Wildman–Crippen LogP) is 2.50. The average molecular weight is 287 g/mol. The molecule has 3 atom stereocenters. The molecule has 2 aromatic rings. The monoisotopic (exact) mass is 287 g/mol. The van der Waals surface area contributed by atoms with Gasteiger partial charge in [-0.1, -0.05) is 6.42 Å². The Hall–Kier alpha value is -1.98. The molecule has 21 heavy (non-hydrogen) atoms. The van der Waals surface area contributed by atoms with Crippen LogP contribution in [-0.2, 0) is 6.54 Å². The van der Waals surface area contributed by atoms with Crippen molar-refractivity contribution in [3.63, 3.8) is 0 Å². The van der Waals surface area contributed by atoms with Gasteiger partial charge in [-0.2, -0.15) is 0 Å². The van der Waals surface area contributed by atoms with E-state index in [4.69, 9.17) is 5.73 Å². The molecule has 1 aromatic carbocycles. The maximum absolute atomic E-state index is 14.1. The van der Waals surface area contributed by atoms with Crippen molar-refractivity contribution in [2.24, 2.45) is 17.8 Å². The number of tetrazole rings is 1. The summed E-state index contributed by atoms with van der Waals surface area (Å²) >= 11 is 0. The number of hydrogen-bond acceptors (Lipinski definition) is 4. The third kappa shape index (κ3) is 2.18. The maximum Gasteiger partial charge on any atom is 0.184 e. The van der Waals surface area contributed by atoms with E-state index in [0.717, 1.165) is 18.4 Å². The van der Waals surface area contributed by atoms with Gasteiger partial charge in [0.1, 0.15) is 5.82 Å². The second-order valence-electron chi connectivity index (χ2n) is 6.36.